The Morgan fingerprint density at radius 1 is 1.45 bits per heavy atom. The van der Waals surface area contributed by atoms with Crippen LogP contribution in [0.5, 0.6) is 0 Å². The molecule has 20 heavy (non-hydrogen) atoms. The molecule has 0 aromatic carbocycles. The molecule has 2 fully saturated rings. The van der Waals surface area contributed by atoms with Crippen molar-refractivity contribution in [1.29, 1.82) is 0 Å². The van der Waals surface area contributed by atoms with Gasteiger partial charge >= 0.3 is 0 Å². The lowest BCUT2D eigenvalue weighted by Crippen LogP contribution is -2.41. The third kappa shape index (κ3) is 3.40. The number of nitrogens with one attached hydrogen (secondary N) is 1. The molecular formula is C14H26N2O3S. The van der Waals surface area contributed by atoms with Crippen molar-refractivity contribution in [2.75, 3.05) is 32.4 Å². The molecule has 2 rings (SSSR count). The topological polar surface area (TPSA) is 66.5 Å². The lowest BCUT2D eigenvalue weighted by atomic mass is 9.76. The summed E-state index contributed by atoms with van der Waals surface area (Å²) < 4.78 is 24.8. The molecule has 6 heteroatoms. The second-order valence-electron chi connectivity index (χ2n) is 6.32. The average Bonchev–Trinajstić information content (AvgIpc) is 2.88. The molecule has 2 heterocycles. The van der Waals surface area contributed by atoms with E-state index in [0.29, 0.717) is 25.3 Å². The quantitative estimate of drug-likeness (QED) is 0.823. The standard InChI is InChI=1S/C14H26N2O3S/c1-3-14(6-7-15-11-14)13(17)9-12-5-4-8-16(10-12)20(2,18)19/h12,15H,3-11H2,1-2H3. The summed E-state index contributed by atoms with van der Waals surface area (Å²) in [7, 11) is -3.12. The minimum absolute atomic E-state index is 0.190. The number of ketones is 1. The van der Waals surface area contributed by atoms with Crippen LogP contribution in [-0.2, 0) is 14.8 Å². The summed E-state index contributed by atoms with van der Waals surface area (Å²) in [6.07, 6.45) is 5.41. The molecule has 1 N–H and O–H groups in total. The molecule has 0 aromatic heterocycles. The highest BCUT2D eigenvalue weighted by Crippen LogP contribution is 2.34. The molecule has 0 saturated carbocycles. The summed E-state index contributed by atoms with van der Waals surface area (Å²) in [5.41, 5.74) is -0.201. The Balaban J connectivity index is 1.97. The molecule has 2 aliphatic heterocycles. The predicted octanol–water partition coefficient (Wildman–Crippen LogP) is 1.01. The van der Waals surface area contributed by atoms with E-state index in [-0.39, 0.29) is 11.3 Å². The highest BCUT2D eigenvalue weighted by atomic mass is 32.2. The number of carbonyl (C=O) groups is 1. The maximum atomic E-state index is 12.6. The monoisotopic (exact) mass is 302 g/mol. The first-order chi connectivity index (χ1) is 9.37. The summed E-state index contributed by atoms with van der Waals surface area (Å²) in [5, 5.41) is 3.29. The van der Waals surface area contributed by atoms with Crippen molar-refractivity contribution in [2.45, 2.75) is 39.0 Å². The van der Waals surface area contributed by atoms with Gasteiger partial charge in [-0.1, -0.05) is 6.92 Å². The number of Topliss-reactive ketones (excluding diaryl/α,β-unsaturated/α-hetero) is 1. The zero-order chi connectivity index (χ0) is 14.8. The molecule has 2 aliphatic rings. The number of hydrogen-bond donors (Lipinski definition) is 1. The van der Waals surface area contributed by atoms with Gasteiger partial charge in [0, 0.05) is 31.5 Å². The van der Waals surface area contributed by atoms with Crippen molar-refractivity contribution in [2.24, 2.45) is 11.3 Å². The van der Waals surface area contributed by atoms with E-state index in [1.54, 1.807) is 0 Å². The number of hydrogen-bond acceptors (Lipinski definition) is 4. The van der Waals surface area contributed by atoms with Crippen LogP contribution in [0.4, 0.5) is 0 Å². The third-order valence-corrected chi connectivity index (χ3v) is 6.21. The Morgan fingerprint density at radius 2 is 2.20 bits per heavy atom. The lowest BCUT2D eigenvalue weighted by molar-refractivity contribution is -0.129. The Morgan fingerprint density at radius 3 is 2.75 bits per heavy atom. The fourth-order valence-corrected chi connectivity index (χ4v) is 4.40. The largest absolute Gasteiger partial charge is 0.316 e. The van der Waals surface area contributed by atoms with Gasteiger partial charge in [-0.3, -0.25) is 4.79 Å². The van der Waals surface area contributed by atoms with Gasteiger partial charge in [0.05, 0.1) is 6.26 Å². The van der Waals surface area contributed by atoms with E-state index in [9.17, 15) is 13.2 Å². The molecule has 0 amide bonds. The fourth-order valence-electron chi connectivity index (χ4n) is 3.45. The molecule has 2 saturated heterocycles. The van der Waals surface area contributed by atoms with Gasteiger partial charge in [-0.2, -0.15) is 0 Å². The van der Waals surface area contributed by atoms with Crippen molar-refractivity contribution in [3.63, 3.8) is 0 Å². The van der Waals surface area contributed by atoms with Crippen molar-refractivity contribution in [3.8, 4) is 0 Å². The molecular weight excluding hydrogens is 276 g/mol. The first-order valence-corrected chi connectivity index (χ1v) is 9.41. The van der Waals surface area contributed by atoms with E-state index < -0.39 is 10.0 Å². The summed E-state index contributed by atoms with van der Waals surface area (Å²) >= 11 is 0. The minimum atomic E-state index is -3.12. The number of sulfonamides is 1. The van der Waals surface area contributed by atoms with Crippen molar-refractivity contribution in [1.82, 2.24) is 9.62 Å². The number of piperidine rings is 1. The van der Waals surface area contributed by atoms with Gasteiger partial charge in [0.15, 0.2) is 0 Å². The fraction of sp³-hybridized carbons (Fsp3) is 0.929. The van der Waals surface area contributed by atoms with E-state index in [0.717, 1.165) is 38.8 Å². The molecule has 2 atom stereocenters. The van der Waals surface area contributed by atoms with Crippen LogP contribution in [0.3, 0.4) is 0 Å². The van der Waals surface area contributed by atoms with Crippen LogP contribution in [0.1, 0.15) is 39.0 Å². The molecule has 0 bridgehead atoms. The Kier molecular flexibility index (Phi) is 4.87. The summed E-state index contributed by atoms with van der Waals surface area (Å²) in [5.74, 6) is 0.514. The number of nitrogens with zero attached hydrogens (tertiary/aromatic N) is 1. The van der Waals surface area contributed by atoms with E-state index in [1.807, 2.05) is 0 Å². The van der Waals surface area contributed by atoms with Gasteiger partial charge < -0.3 is 5.32 Å². The van der Waals surface area contributed by atoms with Gasteiger partial charge in [0.2, 0.25) is 10.0 Å². The smallest absolute Gasteiger partial charge is 0.211 e. The second kappa shape index (κ2) is 6.12. The van der Waals surface area contributed by atoms with E-state index in [4.69, 9.17) is 0 Å². The molecule has 5 nitrogen and oxygen atoms in total. The highest BCUT2D eigenvalue weighted by molar-refractivity contribution is 7.88. The van der Waals surface area contributed by atoms with Gasteiger partial charge in [0.1, 0.15) is 5.78 Å². The van der Waals surface area contributed by atoms with Crippen LogP contribution in [-0.4, -0.2) is 50.9 Å². The zero-order valence-electron chi connectivity index (χ0n) is 12.5. The van der Waals surface area contributed by atoms with Crippen LogP contribution >= 0.6 is 0 Å². The maximum absolute atomic E-state index is 12.6. The van der Waals surface area contributed by atoms with Gasteiger partial charge in [0.25, 0.3) is 0 Å². The molecule has 116 valence electrons. The maximum Gasteiger partial charge on any atom is 0.211 e. The third-order valence-electron chi connectivity index (χ3n) is 4.94. The zero-order valence-corrected chi connectivity index (χ0v) is 13.3. The van der Waals surface area contributed by atoms with Crippen molar-refractivity contribution < 1.29 is 13.2 Å². The molecule has 0 spiro atoms. The first kappa shape index (κ1) is 15.9. The Labute approximate surface area is 122 Å². The van der Waals surface area contributed by atoms with Gasteiger partial charge in [-0.15, -0.1) is 0 Å². The van der Waals surface area contributed by atoms with Crippen LogP contribution in [0, 0.1) is 11.3 Å². The number of carbonyl (C=O) groups excluding carboxylic acids is 1. The molecule has 0 radical (unpaired) electrons. The number of rotatable bonds is 5. The van der Waals surface area contributed by atoms with Gasteiger partial charge in [-0.25, -0.2) is 12.7 Å². The van der Waals surface area contributed by atoms with Crippen LogP contribution in [0.15, 0.2) is 0 Å². The summed E-state index contributed by atoms with van der Waals surface area (Å²) in [6.45, 7) is 4.89. The molecule has 0 aromatic rings. The lowest BCUT2D eigenvalue weighted by Gasteiger charge is -2.33. The SMILES string of the molecule is CCC1(C(=O)CC2CCCN(S(C)(=O)=O)C2)CCNC1. The summed E-state index contributed by atoms with van der Waals surface area (Å²) in [6, 6.07) is 0. The highest BCUT2D eigenvalue weighted by Gasteiger charge is 2.40. The Hall–Kier alpha value is -0.460. The van der Waals surface area contributed by atoms with Crippen LogP contribution < -0.4 is 5.32 Å². The van der Waals surface area contributed by atoms with E-state index in [2.05, 4.69) is 12.2 Å². The normalized spacial score (nSPS) is 32.4. The van der Waals surface area contributed by atoms with Crippen LogP contribution in [0.2, 0.25) is 0 Å². The van der Waals surface area contributed by atoms with E-state index in [1.165, 1.54) is 10.6 Å². The van der Waals surface area contributed by atoms with Gasteiger partial charge in [-0.05, 0) is 38.1 Å². The van der Waals surface area contributed by atoms with Crippen molar-refractivity contribution in [3.05, 3.63) is 0 Å². The van der Waals surface area contributed by atoms with E-state index >= 15 is 0 Å². The predicted molar refractivity (Wildman–Crippen MR) is 79.0 cm³/mol. The Bertz CT molecular complexity index is 455. The average molecular weight is 302 g/mol. The minimum Gasteiger partial charge on any atom is -0.316 e. The van der Waals surface area contributed by atoms with Crippen molar-refractivity contribution >= 4 is 15.8 Å². The second-order valence-corrected chi connectivity index (χ2v) is 8.30. The molecule has 2 unspecified atom stereocenters. The first-order valence-electron chi connectivity index (χ1n) is 7.56. The summed E-state index contributed by atoms with van der Waals surface area (Å²) in [4.78, 5) is 12.6. The van der Waals surface area contributed by atoms with Crippen LogP contribution in [0.25, 0.3) is 0 Å². The molecule has 0 aliphatic carbocycles.